The maximum absolute atomic E-state index is 12.6. The van der Waals surface area contributed by atoms with E-state index < -0.39 is 10.8 Å². The Balaban J connectivity index is 1.55. The molecule has 0 atom stereocenters. The minimum Gasteiger partial charge on any atom is -0.495 e. The van der Waals surface area contributed by atoms with E-state index >= 15 is 0 Å². The van der Waals surface area contributed by atoms with Crippen LogP contribution in [0.1, 0.15) is 10.4 Å². The maximum Gasteiger partial charge on any atom is 0.286 e. The van der Waals surface area contributed by atoms with E-state index in [1.54, 1.807) is 7.11 Å². The van der Waals surface area contributed by atoms with E-state index in [2.05, 4.69) is 15.1 Å². The fraction of sp³-hybridized carbons (Fsp3) is 0.409. The number of piperazine rings is 1. The summed E-state index contributed by atoms with van der Waals surface area (Å²) in [5, 5.41) is 14.2. The number of hydrogen-bond acceptors (Lipinski definition) is 8. The molecule has 2 aromatic rings. The third kappa shape index (κ3) is 5.20. The van der Waals surface area contributed by atoms with Gasteiger partial charge in [0.15, 0.2) is 11.5 Å². The molecule has 1 saturated heterocycles. The van der Waals surface area contributed by atoms with Crippen LogP contribution in [0, 0.1) is 10.1 Å². The van der Waals surface area contributed by atoms with E-state index in [0.717, 1.165) is 37.6 Å². The van der Waals surface area contributed by atoms with Gasteiger partial charge < -0.3 is 24.4 Å². The van der Waals surface area contributed by atoms with Crippen LogP contribution in [0.15, 0.2) is 36.4 Å². The van der Waals surface area contributed by atoms with Crippen LogP contribution in [0.5, 0.6) is 17.2 Å². The zero-order valence-electron chi connectivity index (χ0n) is 18.5. The van der Waals surface area contributed by atoms with Gasteiger partial charge in [0.2, 0.25) is 0 Å². The van der Waals surface area contributed by atoms with Gasteiger partial charge in [-0.1, -0.05) is 12.1 Å². The molecule has 2 aromatic carbocycles. The lowest BCUT2D eigenvalue weighted by molar-refractivity contribution is -0.385. The van der Waals surface area contributed by atoms with Crippen molar-refractivity contribution in [2.24, 2.45) is 0 Å². The van der Waals surface area contributed by atoms with Crippen molar-refractivity contribution in [3.8, 4) is 17.2 Å². The van der Waals surface area contributed by atoms with Crippen molar-refractivity contribution in [3.05, 3.63) is 52.1 Å². The number of anilines is 1. The molecule has 0 aliphatic carbocycles. The van der Waals surface area contributed by atoms with Crippen LogP contribution in [0.4, 0.5) is 11.4 Å². The first-order valence-corrected chi connectivity index (χ1v) is 10.3. The first kappa shape index (κ1) is 23.1. The highest BCUT2D eigenvalue weighted by molar-refractivity contribution is 5.99. The summed E-state index contributed by atoms with van der Waals surface area (Å²) in [4.78, 5) is 28.0. The standard InChI is InChI=1S/C22H28N4O6/c1-30-19-7-5-4-6-17(19)25-12-10-24(11-13-25)9-8-23-22(27)16-14-20(31-2)21(32-3)15-18(16)26(28)29/h4-7,14-15H,8-13H2,1-3H3,(H,23,27). The fourth-order valence-corrected chi connectivity index (χ4v) is 3.73. The molecule has 0 bridgehead atoms. The Kier molecular flexibility index (Phi) is 7.72. The molecule has 1 amide bonds. The number of nitrogens with one attached hydrogen (secondary N) is 1. The Morgan fingerprint density at radius 3 is 2.25 bits per heavy atom. The average Bonchev–Trinajstić information content (AvgIpc) is 2.83. The minimum absolute atomic E-state index is 0.0614. The van der Waals surface area contributed by atoms with Crippen LogP contribution in [-0.4, -0.2) is 76.3 Å². The smallest absolute Gasteiger partial charge is 0.286 e. The van der Waals surface area contributed by atoms with Gasteiger partial charge in [0.25, 0.3) is 11.6 Å². The summed E-state index contributed by atoms with van der Waals surface area (Å²) < 4.78 is 15.7. The van der Waals surface area contributed by atoms with E-state index in [-0.39, 0.29) is 22.7 Å². The number of carbonyl (C=O) groups excluding carboxylic acids is 1. The van der Waals surface area contributed by atoms with Gasteiger partial charge >= 0.3 is 0 Å². The number of para-hydroxylation sites is 2. The first-order chi connectivity index (χ1) is 15.5. The molecule has 32 heavy (non-hydrogen) atoms. The fourth-order valence-electron chi connectivity index (χ4n) is 3.73. The van der Waals surface area contributed by atoms with Crippen molar-refractivity contribution in [2.75, 3.05) is 65.5 Å². The molecule has 0 saturated carbocycles. The molecule has 3 rings (SSSR count). The number of ether oxygens (including phenoxy) is 3. The first-order valence-electron chi connectivity index (χ1n) is 10.3. The SMILES string of the molecule is COc1cc(C(=O)NCCN2CCN(c3ccccc3OC)CC2)c([N+](=O)[O-])cc1OC. The number of carbonyl (C=O) groups is 1. The lowest BCUT2D eigenvalue weighted by atomic mass is 10.1. The zero-order valence-corrected chi connectivity index (χ0v) is 18.5. The Morgan fingerprint density at radius 1 is 1.00 bits per heavy atom. The Labute approximate surface area is 186 Å². The van der Waals surface area contributed by atoms with Crippen molar-refractivity contribution in [2.45, 2.75) is 0 Å². The molecular weight excluding hydrogens is 416 g/mol. The van der Waals surface area contributed by atoms with Gasteiger partial charge in [-0.3, -0.25) is 19.8 Å². The molecule has 0 aromatic heterocycles. The summed E-state index contributed by atoms with van der Waals surface area (Å²) in [5.41, 5.74) is 0.683. The van der Waals surface area contributed by atoms with Gasteiger partial charge in [-0.05, 0) is 12.1 Å². The molecule has 172 valence electrons. The van der Waals surface area contributed by atoms with Crippen LogP contribution in [0.2, 0.25) is 0 Å². The van der Waals surface area contributed by atoms with Crippen molar-refractivity contribution in [1.29, 1.82) is 0 Å². The summed E-state index contributed by atoms with van der Waals surface area (Å²) in [7, 11) is 4.46. The highest BCUT2D eigenvalue weighted by Crippen LogP contribution is 2.34. The second-order valence-corrected chi connectivity index (χ2v) is 7.24. The number of nitrogens with zero attached hydrogens (tertiary/aromatic N) is 3. The molecule has 0 unspecified atom stereocenters. The molecule has 10 nitrogen and oxygen atoms in total. The topological polar surface area (TPSA) is 106 Å². The van der Waals surface area contributed by atoms with Gasteiger partial charge in [0.05, 0.1) is 38.0 Å². The third-order valence-electron chi connectivity index (χ3n) is 5.45. The summed E-state index contributed by atoms with van der Waals surface area (Å²) in [5.74, 6) is 0.786. The summed E-state index contributed by atoms with van der Waals surface area (Å²) in [6, 6.07) is 10.5. The maximum atomic E-state index is 12.6. The zero-order chi connectivity index (χ0) is 23.1. The van der Waals surface area contributed by atoms with Gasteiger partial charge in [-0.15, -0.1) is 0 Å². The van der Waals surface area contributed by atoms with E-state index in [1.165, 1.54) is 26.4 Å². The second-order valence-electron chi connectivity index (χ2n) is 7.24. The molecule has 0 radical (unpaired) electrons. The monoisotopic (exact) mass is 444 g/mol. The Morgan fingerprint density at radius 2 is 1.62 bits per heavy atom. The van der Waals surface area contributed by atoms with Crippen LogP contribution < -0.4 is 24.4 Å². The van der Waals surface area contributed by atoms with Crippen molar-refractivity contribution < 1.29 is 23.9 Å². The average molecular weight is 444 g/mol. The number of methoxy groups -OCH3 is 3. The molecule has 1 aliphatic rings. The lowest BCUT2D eigenvalue weighted by Crippen LogP contribution is -2.48. The van der Waals surface area contributed by atoms with Gasteiger partial charge in [-0.25, -0.2) is 0 Å². The number of hydrogen-bond donors (Lipinski definition) is 1. The molecule has 1 fully saturated rings. The number of amides is 1. The molecular formula is C22H28N4O6. The van der Waals surface area contributed by atoms with E-state index in [4.69, 9.17) is 14.2 Å². The molecule has 10 heteroatoms. The number of rotatable bonds is 9. The van der Waals surface area contributed by atoms with Crippen LogP contribution in [0.25, 0.3) is 0 Å². The van der Waals surface area contributed by atoms with Gasteiger partial charge in [-0.2, -0.15) is 0 Å². The van der Waals surface area contributed by atoms with Gasteiger partial charge in [0, 0.05) is 45.3 Å². The summed E-state index contributed by atoms with van der Waals surface area (Å²) in [6.45, 7) is 4.38. The quantitative estimate of drug-likeness (QED) is 0.463. The van der Waals surface area contributed by atoms with Crippen LogP contribution in [-0.2, 0) is 0 Å². The highest BCUT2D eigenvalue weighted by Gasteiger charge is 2.25. The van der Waals surface area contributed by atoms with Crippen LogP contribution >= 0.6 is 0 Å². The van der Waals surface area contributed by atoms with Crippen molar-refractivity contribution >= 4 is 17.3 Å². The Hall–Kier alpha value is -3.53. The second kappa shape index (κ2) is 10.7. The summed E-state index contributed by atoms with van der Waals surface area (Å²) in [6.07, 6.45) is 0. The summed E-state index contributed by atoms with van der Waals surface area (Å²) >= 11 is 0. The predicted molar refractivity (Wildman–Crippen MR) is 120 cm³/mol. The number of nitro benzene ring substituents is 1. The lowest BCUT2D eigenvalue weighted by Gasteiger charge is -2.36. The Bertz CT molecular complexity index is 959. The molecule has 1 aliphatic heterocycles. The predicted octanol–water partition coefficient (Wildman–Crippen LogP) is 2.17. The van der Waals surface area contributed by atoms with E-state index in [1.807, 2.05) is 24.3 Å². The van der Waals surface area contributed by atoms with E-state index in [9.17, 15) is 14.9 Å². The van der Waals surface area contributed by atoms with E-state index in [0.29, 0.717) is 13.1 Å². The highest BCUT2D eigenvalue weighted by atomic mass is 16.6. The van der Waals surface area contributed by atoms with Crippen LogP contribution in [0.3, 0.4) is 0 Å². The normalized spacial score (nSPS) is 14.0. The largest absolute Gasteiger partial charge is 0.495 e. The molecule has 1 heterocycles. The third-order valence-corrected chi connectivity index (χ3v) is 5.45. The van der Waals surface area contributed by atoms with Gasteiger partial charge in [0.1, 0.15) is 11.3 Å². The molecule has 1 N–H and O–H groups in total. The number of benzene rings is 2. The minimum atomic E-state index is -0.603. The van der Waals surface area contributed by atoms with Crippen molar-refractivity contribution in [1.82, 2.24) is 10.2 Å². The van der Waals surface area contributed by atoms with Crippen molar-refractivity contribution in [3.63, 3.8) is 0 Å². The molecule has 0 spiro atoms. The number of nitro groups is 1.